The van der Waals surface area contributed by atoms with Crippen molar-refractivity contribution in [3.63, 3.8) is 0 Å². The number of amides is 2. The number of rotatable bonds is 6. The molecule has 3 rings (SSSR count). The van der Waals surface area contributed by atoms with E-state index in [2.05, 4.69) is 5.32 Å². The minimum atomic E-state index is -0.472. The molecule has 1 aliphatic heterocycles. The lowest BCUT2D eigenvalue weighted by Crippen LogP contribution is -2.50. The van der Waals surface area contributed by atoms with Crippen LogP contribution < -0.4 is 5.32 Å². The second kappa shape index (κ2) is 7.92. The molecule has 0 bridgehead atoms. The molecule has 0 fully saturated rings. The fourth-order valence-electron chi connectivity index (χ4n) is 3.39. The molecule has 26 heavy (non-hydrogen) atoms. The Morgan fingerprint density at radius 3 is 2.50 bits per heavy atom. The van der Waals surface area contributed by atoms with Crippen LogP contribution in [0.3, 0.4) is 0 Å². The number of fused-ring (bicyclic) bond motifs is 1. The van der Waals surface area contributed by atoms with Crippen LogP contribution in [0.4, 0.5) is 0 Å². The van der Waals surface area contributed by atoms with Gasteiger partial charge in [0.2, 0.25) is 5.91 Å². The van der Waals surface area contributed by atoms with Crippen LogP contribution in [0.2, 0.25) is 5.02 Å². The van der Waals surface area contributed by atoms with E-state index in [1.165, 1.54) is 0 Å². The highest BCUT2D eigenvalue weighted by molar-refractivity contribution is 6.30. The fourth-order valence-corrected chi connectivity index (χ4v) is 3.52. The van der Waals surface area contributed by atoms with Crippen molar-refractivity contribution in [3.05, 3.63) is 70.2 Å². The van der Waals surface area contributed by atoms with Crippen molar-refractivity contribution in [3.8, 4) is 0 Å². The molecule has 0 aliphatic carbocycles. The highest BCUT2D eigenvalue weighted by Crippen LogP contribution is 2.27. The monoisotopic (exact) mass is 370 g/mol. The van der Waals surface area contributed by atoms with Gasteiger partial charge in [-0.05, 0) is 41.7 Å². The zero-order valence-electron chi connectivity index (χ0n) is 15.0. The average molecular weight is 371 g/mol. The van der Waals surface area contributed by atoms with E-state index < -0.39 is 6.04 Å². The van der Waals surface area contributed by atoms with Gasteiger partial charge in [-0.1, -0.05) is 55.8 Å². The second-order valence-corrected chi connectivity index (χ2v) is 7.38. The van der Waals surface area contributed by atoms with Gasteiger partial charge in [0.15, 0.2) is 0 Å². The number of halogens is 1. The van der Waals surface area contributed by atoms with Gasteiger partial charge in [-0.25, -0.2) is 0 Å². The van der Waals surface area contributed by atoms with Crippen LogP contribution in [0.25, 0.3) is 0 Å². The molecule has 0 aromatic heterocycles. The highest BCUT2D eigenvalue weighted by atomic mass is 35.5. The number of nitrogens with zero attached hydrogens (tertiary/aromatic N) is 1. The van der Waals surface area contributed by atoms with Crippen molar-refractivity contribution in [2.75, 3.05) is 6.54 Å². The number of carbonyl (C=O) groups excluding carboxylic acids is 2. The summed E-state index contributed by atoms with van der Waals surface area (Å²) >= 11 is 5.89. The van der Waals surface area contributed by atoms with E-state index in [0.717, 1.165) is 17.5 Å². The molecule has 1 aliphatic rings. The highest BCUT2D eigenvalue weighted by Gasteiger charge is 2.37. The summed E-state index contributed by atoms with van der Waals surface area (Å²) in [5.41, 5.74) is 2.80. The maximum absolute atomic E-state index is 12.8. The molecule has 0 saturated carbocycles. The van der Waals surface area contributed by atoms with Crippen LogP contribution >= 0.6 is 11.6 Å². The number of nitrogens with one attached hydrogen (secondary N) is 1. The first-order chi connectivity index (χ1) is 12.5. The van der Waals surface area contributed by atoms with Gasteiger partial charge in [0.1, 0.15) is 6.04 Å². The molecule has 136 valence electrons. The lowest BCUT2D eigenvalue weighted by Gasteiger charge is -2.30. The lowest BCUT2D eigenvalue weighted by molar-refractivity contribution is -0.127. The van der Waals surface area contributed by atoms with Gasteiger partial charge in [0.05, 0.1) is 0 Å². The van der Waals surface area contributed by atoms with Gasteiger partial charge < -0.3 is 10.2 Å². The van der Waals surface area contributed by atoms with Crippen molar-refractivity contribution in [2.24, 2.45) is 5.92 Å². The quantitative estimate of drug-likeness (QED) is 0.843. The third-order valence-corrected chi connectivity index (χ3v) is 4.96. The zero-order valence-corrected chi connectivity index (χ0v) is 15.8. The maximum atomic E-state index is 12.8. The summed E-state index contributed by atoms with van der Waals surface area (Å²) in [7, 11) is 0. The minimum absolute atomic E-state index is 0.0313. The number of benzene rings is 2. The molecule has 1 N–H and O–H groups in total. The van der Waals surface area contributed by atoms with Crippen molar-refractivity contribution >= 4 is 23.4 Å². The van der Waals surface area contributed by atoms with Crippen molar-refractivity contribution in [1.29, 1.82) is 0 Å². The molecule has 0 spiro atoms. The van der Waals surface area contributed by atoms with E-state index in [1.54, 1.807) is 4.90 Å². The van der Waals surface area contributed by atoms with E-state index in [0.29, 0.717) is 23.7 Å². The van der Waals surface area contributed by atoms with Crippen molar-refractivity contribution in [2.45, 2.75) is 32.9 Å². The molecule has 2 amide bonds. The Balaban J connectivity index is 1.64. The summed E-state index contributed by atoms with van der Waals surface area (Å²) in [4.78, 5) is 27.2. The lowest BCUT2D eigenvalue weighted by atomic mass is 10.0. The van der Waals surface area contributed by atoms with Gasteiger partial charge in [-0.2, -0.15) is 0 Å². The summed E-state index contributed by atoms with van der Waals surface area (Å²) in [6.07, 6.45) is 0.724. The van der Waals surface area contributed by atoms with Gasteiger partial charge in [-0.15, -0.1) is 0 Å². The molecule has 0 radical (unpaired) electrons. The van der Waals surface area contributed by atoms with Gasteiger partial charge in [0.25, 0.3) is 5.91 Å². The van der Waals surface area contributed by atoms with Crippen molar-refractivity contribution < 1.29 is 9.59 Å². The van der Waals surface area contributed by atoms with Crippen LogP contribution in [0.5, 0.6) is 0 Å². The third-order valence-electron chi connectivity index (χ3n) is 4.71. The molecule has 2 aromatic carbocycles. The molecule has 0 saturated heterocycles. The molecule has 1 atom stereocenters. The first-order valence-electron chi connectivity index (χ1n) is 8.88. The summed E-state index contributed by atoms with van der Waals surface area (Å²) in [5.74, 6) is -0.133. The topological polar surface area (TPSA) is 49.4 Å². The SMILES string of the molecule is CC(C)C(C(=O)NCCc1ccc(Cl)cc1)N1Cc2ccccc2C1=O. The summed E-state index contributed by atoms with van der Waals surface area (Å²) in [6, 6.07) is 14.7. The number of hydrogen-bond acceptors (Lipinski definition) is 2. The summed E-state index contributed by atoms with van der Waals surface area (Å²) in [5, 5.41) is 3.68. The molecular weight excluding hydrogens is 348 g/mol. The molecular formula is C21H23ClN2O2. The van der Waals surface area contributed by atoms with Crippen LogP contribution in [0.15, 0.2) is 48.5 Å². The number of hydrogen-bond donors (Lipinski definition) is 1. The molecule has 1 heterocycles. The van der Waals surface area contributed by atoms with E-state index in [-0.39, 0.29) is 17.7 Å². The third kappa shape index (κ3) is 3.91. The Morgan fingerprint density at radius 1 is 1.15 bits per heavy atom. The van der Waals surface area contributed by atoms with Gasteiger partial charge in [-0.3, -0.25) is 9.59 Å². The standard InChI is InChI=1S/C21H23ClN2O2/c1-14(2)19(24-13-16-5-3-4-6-18(16)21(24)26)20(25)23-12-11-15-7-9-17(22)10-8-15/h3-10,14,19H,11-13H2,1-2H3,(H,23,25). The van der Waals surface area contributed by atoms with Crippen molar-refractivity contribution in [1.82, 2.24) is 10.2 Å². The van der Waals surface area contributed by atoms with E-state index in [4.69, 9.17) is 11.6 Å². The smallest absolute Gasteiger partial charge is 0.255 e. The van der Waals surface area contributed by atoms with Crippen LogP contribution in [-0.4, -0.2) is 29.3 Å². The Kier molecular flexibility index (Phi) is 5.62. The van der Waals surface area contributed by atoms with Crippen LogP contribution in [0.1, 0.15) is 35.3 Å². The molecule has 5 heteroatoms. The average Bonchev–Trinajstić information content (AvgIpc) is 2.93. The molecule has 1 unspecified atom stereocenters. The number of carbonyl (C=O) groups is 2. The second-order valence-electron chi connectivity index (χ2n) is 6.95. The predicted molar refractivity (Wildman–Crippen MR) is 103 cm³/mol. The molecule has 2 aromatic rings. The normalized spacial score (nSPS) is 14.5. The first-order valence-corrected chi connectivity index (χ1v) is 9.26. The van der Waals surface area contributed by atoms with Gasteiger partial charge in [0, 0.05) is 23.7 Å². The Hall–Kier alpha value is -2.33. The van der Waals surface area contributed by atoms with Crippen LogP contribution in [-0.2, 0) is 17.8 Å². The first kappa shape index (κ1) is 18.5. The Morgan fingerprint density at radius 2 is 1.85 bits per heavy atom. The summed E-state index contributed by atoms with van der Waals surface area (Å²) < 4.78 is 0. The van der Waals surface area contributed by atoms with E-state index >= 15 is 0 Å². The van der Waals surface area contributed by atoms with E-state index in [1.807, 2.05) is 62.4 Å². The Bertz CT molecular complexity index is 802. The van der Waals surface area contributed by atoms with E-state index in [9.17, 15) is 9.59 Å². The zero-order chi connectivity index (χ0) is 18.7. The van der Waals surface area contributed by atoms with Crippen LogP contribution in [0, 0.1) is 5.92 Å². The summed E-state index contributed by atoms with van der Waals surface area (Å²) in [6.45, 7) is 4.96. The predicted octanol–water partition coefficient (Wildman–Crippen LogP) is 3.68. The minimum Gasteiger partial charge on any atom is -0.354 e. The molecule has 4 nitrogen and oxygen atoms in total. The Labute approximate surface area is 159 Å². The maximum Gasteiger partial charge on any atom is 0.255 e. The largest absolute Gasteiger partial charge is 0.354 e. The van der Waals surface area contributed by atoms with Gasteiger partial charge >= 0.3 is 0 Å². The fraction of sp³-hybridized carbons (Fsp3) is 0.333.